The van der Waals surface area contributed by atoms with Gasteiger partial charge in [-0.3, -0.25) is 0 Å². The summed E-state index contributed by atoms with van der Waals surface area (Å²) in [5.74, 6) is 0.635. The van der Waals surface area contributed by atoms with Crippen LogP contribution in [0.2, 0.25) is 0 Å². The topological polar surface area (TPSA) is 90.2 Å². The Kier molecular flexibility index (Phi) is 6.00. The lowest BCUT2D eigenvalue weighted by Crippen LogP contribution is -2.35. The van der Waals surface area contributed by atoms with Crippen molar-refractivity contribution in [2.75, 3.05) is 13.2 Å². The van der Waals surface area contributed by atoms with Crippen LogP contribution in [0.5, 0.6) is 5.75 Å². The summed E-state index contributed by atoms with van der Waals surface area (Å²) in [5.41, 5.74) is 8.79. The summed E-state index contributed by atoms with van der Waals surface area (Å²) in [4.78, 5) is 2.69. The van der Waals surface area contributed by atoms with E-state index >= 15 is 0 Å². The third-order valence-corrected chi connectivity index (χ3v) is 2.20. The number of aliphatic hydroxyl groups is 1. The second kappa shape index (κ2) is 7.55. The largest absolute Gasteiger partial charge is 0.491 e. The molecule has 0 aromatic heterocycles. The van der Waals surface area contributed by atoms with Gasteiger partial charge in [-0.15, -0.1) is 0 Å². The zero-order valence-corrected chi connectivity index (χ0v) is 10.6. The minimum Gasteiger partial charge on any atom is -0.491 e. The van der Waals surface area contributed by atoms with Crippen molar-refractivity contribution >= 4 is 5.69 Å². The Morgan fingerprint density at radius 3 is 2.61 bits per heavy atom. The quantitative estimate of drug-likeness (QED) is 0.442. The maximum Gasteiger partial charge on any atom is 0.119 e. The maximum absolute atomic E-state index is 9.64. The molecule has 6 heteroatoms. The molecule has 1 aromatic carbocycles. The molecule has 0 aliphatic heterocycles. The monoisotopic (exact) mass is 250 g/mol. The van der Waals surface area contributed by atoms with Crippen LogP contribution in [0.4, 0.5) is 5.69 Å². The molecule has 6 nitrogen and oxygen atoms in total. The van der Waals surface area contributed by atoms with Crippen LogP contribution in [0.3, 0.4) is 0 Å². The fourth-order valence-electron chi connectivity index (χ4n) is 1.28. The fraction of sp³-hybridized carbons (Fsp3) is 0.500. The van der Waals surface area contributed by atoms with Gasteiger partial charge >= 0.3 is 0 Å². The lowest BCUT2D eigenvalue weighted by molar-refractivity contribution is 0.104. The summed E-state index contributed by atoms with van der Waals surface area (Å²) in [7, 11) is 0. The highest BCUT2D eigenvalue weighted by Crippen LogP contribution is 2.18. The Morgan fingerprint density at radius 1 is 1.39 bits per heavy atom. The summed E-state index contributed by atoms with van der Waals surface area (Å²) in [5, 5.41) is 16.2. The minimum atomic E-state index is -0.552. The van der Waals surface area contributed by atoms with Crippen LogP contribution >= 0.6 is 0 Å². The molecule has 0 fully saturated rings. The molecule has 1 aromatic rings. The lowest BCUT2D eigenvalue weighted by Gasteiger charge is -2.15. The number of hydrogen-bond acceptors (Lipinski definition) is 4. The first kappa shape index (κ1) is 14.3. The fourth-order valence-corrected chi connectivity index (χ4v) is 1.28. The summed E-state index contributed by atoms with van der Waals surface area (Å²) >= 11 is 0. The standard InChI is InChI=1S/C12H18N4O2/c1-9(2)14-7-11(17)8-18-12-5-3-10(4-6-12)15-16-13/h3-6,9,11,14,17H,7-8H2,1-2H3. The van der Waals surface area contributed by atoms with Crippen molar-refractivity contribution in [3.63, 3.8) is 0 Å². The highest BCUT2D eigenvalue weighted by molar-refractivity contribution is 5.40. The molecule has 1 atom stereocenters. The van der Waals surface area contributed by atoms with E-state index in [2.05, 4.69) is 15.3 Å². The average molecular weight is 250 g/mol. The van der Waals surface area contributed by atoms with Crippen LogP contribution in [-0.4, -0.2) is 30.4 Å². The van der Waals surface area contributed by atoms with Crippen molar-refractivity contribution in [2.24, 2.45) is 5.11 Å². The number of rotatable bonds is 7. The molecule has 0 aliphatic carbocycles. The predicted octanol–water partition coefficient (Wildman–Crippen LogP) is 2.37. The van der Waals surface area contributed by atoms with E-state index in [-0.39, 0.29) is 6.61 Å². The van der Waals surface area contributed by atoms with Crippen molar-refractivity contribution in [1.82, 2.24) is 5.32 Å². The van der Waals surface area contributed by atoms with Gasteiger partial charge in [0.2, 0.25) is 0 Å². The SMILES string of the molecule is CC(C)NCC(O)COc1ccc(N=[N+]=[N-])cc1. The van der Waals surface area contributed by atoms with Crippen molar-refractivity contribution in [1.29, 1.82) is 0 Å². The number of azide groups is 1. The molecule has 0 radical (unpaired) electrons. The normalized spacial score (nSPS) is 12.0. The van der Waals surface area contributed by atoms with Crippen LogP contribution in [0.25, 0.3) is 10.4 Å². The second-order valence-corrected chi connectivity index (χ2v) is 4.21. The van der Waals surface area contributed by atoms with E-state index < -0.39 is 6.10 Å². The number of nitrogens with zero attached hydrogens (tertiary/aromatic N) is 3. The van der Waals surface area contributed by atoms with Gasteiger partial charge in [-0.25, -0.2) is 0 Å². The first-order valence-corrected chi connectivity index (χ1v) is 5.81. The molecule has 0 aliphatic rings. The Hall–Kier alpha value is -1.75. The highest BCUT2D eigenvalue weighted by Gasteiger charge is 2.05. The average Bonchev–Trinajstić information content (AvgIpc) is 2.36. The Morgan fingerprint density at radius 2 is 2.06 bits per heavy atom. The van der Waals surface area contributed by atoms with Crippen molar-refractivity contribution < 1.29 is 9.84 Å². The van der Waals surface area contributed by atoms with Gasteiger partial charge in [0.15, 0.2) is 0 Å². The lowest BCUT2D eigenvalue weighted by atomic mass is 10.3. The van der Waals surface area contributed by atoms with Gasteiger partial charge in [0, 0.05) is 23.2 Å². The molecular formula is C12H18N4O2. The molecule has 0 heterocycles. The highest BCUT2D eigenvalue weighted by atomic mass is 16.5. The van der Waals surface area contributed by atoms with Gasteiger partial charge in [-0.1, -0.05) is 19.0 Å². The summed E-state index contributed by atoms with van der Waals surface area (Å²) in [6.07, 6.45) is -0.552. The molecule has 0 bridgehead atoms. The van der Waals surface area contributed by atoms with Crippen LogP contribution in [0.15, 0.2) is 29.4 Å². The first-order chi connectivity index (χ1) is 8.61. The number of aliphatic hydroxyl groups excluding tert-OH is 1. The van der Waals surface area contributed by atoms with Crippen molar-refractivity contribution in [3.8, 4) is 5.75 Å². The van der Waals surface area contributed by atoms with Crippen LogP contribution < -0.4 is 10.1 Å². The molecule has 0 saturated carbocycles. The zero-order valence-electron chi connectivity index (χ0n) is 10.6. The Labute approximate surface area is 106 Å². The third-order valence-electron chi connectivity index (χ3n) is 2.20. The molecule has 2 N–H and O–H groups in total. The molecule has 18 heavy (non-hydrogen) atoms. The van der Waals surface area contributed by atoms with Gasteiger partial charge in [0.25, 0.3) is 0 Å². The first-order valence-electron chi connectivity index (χ1n) is 5.81. The summed E-state index contributed by atoms with van der Waals surface area (Å²) in [6, 6.07) is 7.06. The molecular weight excluding hydrogens is 232 g/mol. The van der Waals surface area contributed by atoms with E-state index in [0.717, 1.165) is 0 Å². The maximum atomic E-state index is 9.64. The zero-order chi connectivity index (χ0) is 13.4. The molecule has 0 amide bonds. The van der Waals surface area contributed by atoms with E-state index in [1.54, 1.807) is 24.3 Å². The van der Waals surface area contributed by atoms with E-state index in [1.165, 1.54) is 0 Å². The van der Waals surface area contributed by atoms with E-state index in [4.69, 9.17) is 10.3 Å². The number of nitrogens with one attached hydrogen (secondary N) is 1. The minimum absolute atomic E-state index is 0.223. The van der Waals surface area contributed by atoms with E-state index in [1.807, 2.05) is 13.8 Å². The Bertz CT molecular complexity index is 399. The summed E-state index contributed by atoms with van der Waals surface area (Å²) in [6.45, 7) is 4.75. The molecule has 0 spiro atoms. The van der Waals surface area contributed by atoms with Gasteiger partial charge < -0.3 is 15.2 Å². The smallest absolute Gasteiger partial charge is 0.119 e. The van der Waals surface area contributed by atoms with Crippen LogP contribution in [0.1, 0.15) is 13.8 Å². The third kappa shape index (κ3) is 5.54. The van der Waals surface area contributed by atoms with E-state index in [0.29, 0.717) is 24.0 Å². The molecule has 1 unspecified atom stereocenters. The number of hydrogen-bond donors (Lipinski definition) is 2. The number of benzene rings is 1. The predicted molar refractivity (Wildman–Crippen MR) is 69.9 cm³/mol. The van der Waals surface area contributed by atoms with Gasteiger partial charge in [-0.2, -0.15) is 0 Å². The van der Waals surface area contributed by atoms with Crippen molar-refractivity contribution in [3.05, 3.63) is 34.7 Å². The van der Waals surface area contributed by atoms with Gasteiger partial charge in [0.05, 0.1) is 0 Å². The summed E-state index contributed by atoms with van der Waals surface area (Å²) < 4.78 is 5.41. The molecule has 0 saturated heterocycles. The van der Waals surface area contributed by atoms with Crippen LogP contribution in [0, 0.1) is 0 Å². The van der Waals surface area contributed by atoms with Crippen LogP contribution in [-0.2, 0) is 0 Å². The number of ether oxygens (including phenoxy) is 1. The van der Waals surface area contributed by atoms with Gasteiger partial charge in [-0.05, 0) is 29.8 Å². The second-order valence-electron chi connectivity index (χ2n) is 4.21. The Balaban J connectivity index is 2.36. The van der Waals surface area contributed by atoms with Crippen molar-refractivity contribution in [2.45, 2.75) is 26.0 Å². The van der Waals surface area contributed by atoms with Gasteiger partial charge in [0.1, 0.15) is 18.5 Å². The van der Waals surface area contributed by atoms with E-state index in [9.17, 15) is 5.11 Å². The molecule has 98 valence electrons. The molecule has 1 rings (SSSR count).